The number of amides is 2. The van der Waals surface area contributed by atoms with Crippen molar-refractivity contribution in [3.8, 4) is 0 Å². The average Bonchev–Trinajstić information content (AvgIpc) is 3.30. The fourth-order valence-corrected chi connectivity index (χ4v) is 4.20. The normalized spacial score (nSPS) is 17.7. The zero-order chi connectivity index (χ0) is 24.1. The van der Waals surface area contributed by atoms with Crippen LogP contribution in [0, 0.1) is 11.7 Å². The maximum Gasteiger partial charge on any atom is 0.320 e. The second-order valence-corrected chi connectivity index (χ2v) is 8.80. The van der Waals surface area contributed by atoms with Crippen LogP contribution < -0.4 is 10.6 Å². The van der Waals surface area contributed by atoms with Crippen molar-refractivity contribution < 1.29 is 18.4 Å². The van der Waals surface area contributed by atoms with E-state index >= 15 is 0 Å². The van der Waals surface area contributed by atoms with Gasteiger partial charge >= 0.3 is 17.8 Å². The van der Waals surface area contributed by atoms with Gasteiger partial charge in [-0.1, -0.05) is 29.4 Å². The molecule has 3 aromatic rings. The van der Waals surface area contributed by atoms with Crippen molar-refractivity contribution in [2.24, 2.45) is 5.92 Å². The Morgan fingerprint density at radius 3 is 2.41 bits per heavy atom. The first-order valence-corrected chi connectivity index (χ1v) is 11.4. The zero-order valence-electron chi connectivity index (χ0n) is 19.3. The maximum atomic E-state index is 13.7. The van der Waals surface area contributed by atoms with Gasteiger partial charge in [0.1, 0.15) is 5.82 Å². The Labute approximate surface area is 197 Å². The number of carbonyl (C=O) groups is 2. The first kappa shape index (κ1) is 23.4. The zero-order valence-corrected chi connectivity index (χ0v) is 19.3. The van der Waals surface area contributed by atoms with Crippen LogP contribution in [0.5, 0.6) is 0 Å². The summed E-state index contributed by atoms with van der Waals surface area (Å²) in [5.74, 6) is -0.140. The minimum absolute atomic E-state index is 0.0755. The van der Waals surface area contributed by atoms with Gasteiger partial charge in [0, 0.05) is 26.2 Å². The van der Waals surface area contributed by atoms with E-state index in [0.29, 0.717) is 23.9 Å². The van der Waals surface area contributed by atoms with Gasteiger partial charge in [-0.3, -0.25) is 9.59 Å². The predicted molar refractivity (Wildman–Crippen MR) is 126 cm³/mol. The van der Waals surface area contributed by atoms with E-state index in [1.165, 1.54) is 17.7 Å². The van der Waals surface area contributed by atoms with Gasteiger partial charge in [0.15, 0.2) is 0 Å². The van der Waals surface area contributed by atoms with E-state index in [2.05, 4.69) is 20.8 Å². The molecule has 8 nitrogen and oxygen atoms in total. The minimum Gasteiger partial charge on any atom is -0.399 e. The molecule has 2 N–H and O–H groups in total. The van der Waals surface area contributed by atoms with Gasteiger partial charge in [0.05, 0.1) is 5.69 Å². The highest BCUT2D eigenvalue weighted by Gasteiger charge is 2.24. The predicted octanol–water partition coefficient (Wildman–Crippen LogP) is 4.96. The number of anilines is 3. The maximum absolute atomic E-state index is 13.7. The number of rotatable bonds is 7. The van der Waals surface area contributed by atoms with Gasteiger partial charge in [-0.25, -0.2) is 4.39 Å². The highest BCUT2D eigenvalue weighted by molar-refractivity contribution is 6.00. The number of carbonyl (C=O) groups excluding carboxylic acids is 2. The Hall–Kier alpha value is -3.75. The highest BCUT2D eigenvalue weighted by atomic mass is 19.1. The monoisotopic (exact) mass is 465 g/mol. The summed E-state index contributed by atoms with van der Waals surface area (Å²) in [7, 11) is 3.60. The Morgan fingerprint density at radius 2 is 1.74 bits per heavy atom. The molecule has 0 saturated heterocycles. The Morgan fingerprint density at radius 1 is 1.03 bits per heavy atom. The highest BCUT2D eigenvalue weighted by Crippen LogP contribution is 2.37. The van der Waals surface area contributed by atoms with Crippen LogP contribution in [0.25, 0.3) is 0 Å². The van der Waals surface area contributed by atoms with Crippen molar-refractivity contribution in [2.75, 3.05) is 24.7 Å². The molecule has 2 aromatic carbocycles. The molecule has 0 spiro atoms. The summed E-state index contributed by atoms with van der Waals surface area (Å²) in [5.41, 5.74) is 2.01. The Kier molecular flexibility index (Phi) is 7.20. The van der Waals surface area contributed by atoms with Crippen LogP contribution >= 0.6 is 0 Å². The lowest BCUT2D eigenvalue weighted by Gasteiger charge is -2.29. The van der Waals surface area contributed by atoms with Gasteiger partial charge in [-0.15, -0.1) is 5.10 Å². The molecular formula is C25H28FN5O3. The summed E-state index contributed by atoms with van der Waals surface area (Å²) in [6.45, 7) is 0. The van der Waals surface area contributed by atoms with Crippen LogP contribution in [-0.4, -0.2) is 41.0 Å². The van der Waals surface area contributed by atoms with Gasteiger partial charge in [0.25, 0.3) is 0 Å². The Bertz CT molecular complexity index is 1140. The first-order valence-electron chi connectivity index (χ1n) is 11.4. The number of halogens is 1. The van der Waals surface area contributed by atoms with Gasteiger partial charge in [0.2, 0.25) is 5.91 Å². The summed E-state index contributed by atoms with van der Waals surface area (Å²) < 4.78 is 19.1. The van der Waals surface area contributed by atoms with E-state index in [1.54, 1.807) is 31.1 Å². The van der Waals surface area contributed by atoms with Crippen molar-refractivity contribution in [1.82, 2.24) is 15.1 Å². The molecular weight excluding hydrogens is 437 g/mol. The Balaban J connectivity index is 1.29. The number of hydrogen-bond acceptors (Lipinski definition) is 6. The number of aromatic nitrogens is 2. The molecule has 1 heterocycles. The quantitative estimate of drug-likeness (QED) is 0.512. The van der Waals surface area contributed by atoms with Crippen LogP contribution in [0.3, 0.4) is 0 Å². The summed E-state index contributed by atoms with van der Waals surface area (Å²) in [5, 5.41) is 12.9. The summed E-state index contributed by atoms with van der Waals surface area (Å²) in [6.07, 6.45) is 4.82. The van der Waals surface area contributed by atoms with Crippen molar-refractivity contribution in [1.29, 1.82) is 0 Å². The molecule has 1 aromatic heterocycles. The lowest BCUT2D eigenvalue weighted by Crippen LogP contribution is -2.26. The van der Waals surface area contributed by atoms with E-state index in [1.807, 2.05) is 24.3 Å². The number of benzene rings is 2. The van der Waals surface area contributed by atoms with Crippen molar-refractivity contribution in [3.05, 3.63) is 65.8 Å². The molecule has 1 fully saturated rings. The van der Waals surface area contributed by atoms with Gasteiger partial charge in [-0.2, -0.15) is 0 Å². The molecule has 9 heteroatoms. The smallest absolute Gasteiger partial charge is 0.320 e. The van der Waals surface area contributed by atoms with Crippen LogP contribution in [0.1, 0.15) is 54.3 Å². The number of hydrogen-bond donors (Lipinski definition) is 2. The molecule has 0 aliphatic heterocycles. The molecule has 1 saturated carbocycles. The van der Waals surface area contributed by atoms with Crippen LogP contribution in [0.15, 0.2) is 52.9 Å². The molecule has 1 aliphatic rings. The van der Waals surface area contributed by atoms with Crippen molar-refractivity contribution in [3.63, 3.8) is 0 Å². The molecule has 0 unspecified atom stereocenters. The van der Waals surface area contributed by atoms with Gasteiger partial charge in [-0.05, 0) is 67.3 Å². The fourth-order valence-electron chi connectivity index (χ4n) is 4.20. The molecule has 2 amide bonds. The molecule has 4 rings (SSSR count). The minimum atomic E-state index is -0.548. The lowest BCUT2D eigenvalue weighted by molar-refractivity contribution is -0.129. The van der Waals surface area contributed by atoms with Crippen LogP contribution in [0.2, 0.25) is 0 Å². The lowest BCUT2D eigenvalue weighted by atomic mass is 9.77. The van der Waals surface area contributed by atoms with Crippen molar-refractivity contribution >= 4 is 29.2 Å². The number of para-hydroxylation sites is 1. The second-order valence-electron chi connectivity index (χ2n) is 8.80. The third-order valence-electron chi connectivity index (χ3n) is 6.18. The standard InChI is InChI=1S/C25H28FN5O3/c1-31(2)22(32)15-16-7-9-17(10-8-16)18-11-13-19(14-12-18)27-23(33)24-29-30-25(34-24)28-21-6-4-3-5-20(21)26/h3-6,11-14,16-17H,7-10,15H2,1-2H3,(H,27,33)(H,28,30). The molecule has 1 aliphatic carbocycles. The van der Waals surface area contributed by atoms with Crippen LogP contribution in [0.4, 0.5) is 21.8 Å². The van der Waals surface area contributed by atoms with E-state index in [-0.39, 0.29) is 23.5 Å². The number of nitrogens with zero attached hydrogens (tertiary/aromatic N) is 3. The average molecular weight is 466 g/mol. The largest absolute Gasteiger partial charge is 0.399 e. The van der Waals surface area contributed by atoms with Crippen molar-refractivity contribution in [2.45, 2.75) is 38.0 Å². The summed E-state index contributed by atoms with van der Waals surface area (Å²) in [4.78, 5) is 26.1. The SMILES string of the molecule is CN(C)C(=O)CC1CCC(c2ccc(NC(=O)c3nnc(Nc4ccccc4F)o3)cc2)CC1. The fraction of sp³-hybridized carbons (Fsp3) is 0.360. The van der Waals surface area contributed by atoms with E-state index in [9.17, 15) is 14.0 Å². The van der Waals surface area contributed by atoms with E-state index in [0.717, 1.165) is 25.7 Å². The molecule has 0 atom stereocenters. The number of nitrogens with one attached hydrogen (secondary N) is 2. The molecule has 178 valence electrons. The third kappa shape index (κ3) is 5.78. The third-order valence-corrected chi connectivity index (χ3v) is 6.18. The topological polar surface area (TPSA) is 100 Å². The van der Waals surface area contributed by atoms with Crippen LogP contribution in [-0.2, 0) is 4.79 Å². The van der Waals surface area contributed by atoms with Gasteiger partial charge < -0.3 is 20.0 Å². The molecule has 0 bridgehead atoms. The second kappa shape index (κ2) is 10.5. The summed E-state index contributed by atoms with van der Waals surface area (Å²) in [6, 6.07) is 13.7. The molecule has 0 radical (unpaired) electrons. The van der Waals surface area contributed by atoms with E-state index in [4.69, 9.17) is 4.42 Å². The molecule has 34 heavy (non-hydrogen) atoms. The van der Waals surface area contributed by atoms with E-state index < -0.39 is 11.7 Å². The first-order chi connectivity index (χ1) is 16.4. The summed E-state index contributed by atoms with van der Waals surface area (Å²) >= 11 is 0.